The van der Waals surface area contributed by atoms with Crippen molar-refractivity contribution >= 4 is 17.8 Å². The first-order valence-corrected chi connectivity index (χ1v) is 10.4. The third-order valence-electron chi connectivity index (χ3n) is 6.11. The quantitative estimate of drug-likeness (QED) is 0.280. The van der Waals surface area contributed by atoms with Gasteiger partial charge in [-0.25, -0.2) is 0 Å². The third-order valence-corrected chi connectivity index (χ3v) is 6.11. The Morgan fingerprint density at radius 1 is 1.17 bits per heavy atom. The molecule has 3 aliphatic rings. The Morgan fingerprint density at radius 2 is 1.90 bits per heavy atom. The minimum atomic E-state index is -0.137. The van der Waals surface area contributed by atoms with Crippen LogP contribution in [0, 0.1) is 23.7 Å². The summed E-state index contributed by atoms with van der Waals surface area (Å²) in [5.41, 5.74) is 1.02. The lowest BCUT2D eigenvalue weighted by Crippen LogP contribution is -2.43. The van der Waals surface area contributed by atoms with Crippen molar-refractivity contribution in [3.63, 3.8) is 0 Å². The van der Waals surface area contributed by atoms with Crippen LogP contribution in [-0.2, 0) is 16.0 Å². The summed E-state index contributed by atoms with van der Waals surface area (Å²) in [5.74, 6) is 1.11. The SMILES string of the molecule is CCNC(=NCCc1cccc(O)c1)NCCN1C(=O)C2C3C=CC(C3)C2C1=O. The number of benzene rings is 1. The predicted octanol–water partition coefficient (Wildman–Crippen LogP) is 1.30. The fourth-order valence-electron chi connectivity index (χ4n) is 4.82. The fourth-order valence-corrected chi connectivity index (χ4v) is 4.82. The lowest BCUT2D eigenvalue weighted by molar-refractivity contribution is -0.140. The van der Waals surface area contributed by atoms with Crippen molar-refractivity contribution in [1.29, 1.82) is 0 Å². The van der Waals surface area contributed by atoms with Crippen LogP contribution >= 0.6 is 0 Å². The molecule has 3 N–H and O–H groups in total. The van der Waals surface area contributed by atoms with Gasteiger partial charge in [-0.05, 0) is 49.3 Å². The average molecular weight is 396 g/mol. The highest BCUT2D eigenvalue weighted by molar-refractivity contribution is 6.06. The fraction of sp³-hybridized carbons (Fsp3) is 0.500. The van der Waals surface area contributed by atoms with Gasteiger partial charge in [0.2, 0.25) is 11.8 Å². The number of hydrogen-bond acceptors (Lipinski definition) is 4. The second-order valence-corrected chi connectivity index (χ2v) is 7.94. The number of allylic oxidation sites excluding steroid dienone is 2. The first-order valence-electron chi connectivity index (χ1n) is 10.4. The molecule has 29 heavy (non-hydrogen) atoms. The Bertz CT molecular complexity index is 820. The van der Waals surface area contributed by atoms with E-state index in [9.17, 15) is 14.7 Å². The number of aliphatic imine (C=N–C) groups is 1. The van der Waals surface area contributed by atoms with Gasteiger partial charge in [-0.2, -0.15) is 0 Å². The molecular formula is C22H28N4O3. The number of imide groups is 1. The molecule has 1 saturated heterocycles. The average Bonchev–Trinajstić information content (AvgIpc) is 3.37. The van der Waals surface area contributed by atoms with E-state index in [1.165, 1.54) is 4.90 Å². The summed E-state index contributed by atoms with van der Waals surface area (Å²) in [4.78, 5) is 31.4. The molecule has 0 radical (unpaired) electrons. The Morgan fingerprint density at radius 3 is 2.55 bits per heavy atom. The zero-order chi connectivity index (χ0) is 20.4. The van der Waals surface area contributed by atoms with E-state index in [0.29, 0.717) is 32.0 Å². The number of rotatable bonds is 7. The number of amides is 2. The van der Waals surface area contributed by atoms with Gasteiger partial charge < -0.3 is 15.7 Å². The summed E-state index contributed by atoms with van der Waals surface area (Å²) in [6.07, 6.45) is 5.89. The molecule has 2 bridgehead atoms. The van der Waals surface area contributed by atoms with Gasteiger partial charge in [-0.1, -0.05) is 24.3 Å². The molecule has 7 nitrogen and oxygen atoms in total. The second kappa shape index (κ2) is 8.27. The highest BCUT2D eigenvalue weighted by atomic mass is 16.3. The Hall–Kier alpha value is -2.83. The van der Waals surface area contributed by atoms with Gasteiger partial charge in [-0.3, -0.25) is 19.5 Å². The monoisotopic (exact) mass is 396 g/mol. The van der Waals surface area contributed by atoms with Crippen molar-refractivity contribution in [3.8, 4) is 5.75 Å². The first-order chi connectivity index (χ1) is 14.1. The molecule has 1 saturated carbocycles. The van der Waals surface area contributed by atoms with E-state index in [1.807, 2.05) is 19.1 Å². The van der Waals surface area contributed by atoms with Crippen LogP contribution in [0.5, 0.6) is 5.75 Å². The van der Waals surface area contributed by atoms with Gasteiger partial charge in [0, 0.05) is 26.2 Å². The number of phenols is 1. The van der Waals surface area contributed by atoms with Gasteiger partial charge in [0.05, 0.1) is 11.8 Å². The Labute approximate surface area is 170 Å². The van der Waals surface area contributed by atoms with Crippen LogP contribution in [0.2, 0.25) is 0 Å². The van der Waals surface area contributed by atoms with Crippen molar-refractivity contribution in [2.45, 2.75) is 19.8 Å². The maximum atomic E-state index is 12.7. The second-order valence-electron chi connectivity index (χ2n) is 7.94. The van der Waals surface area contributed by atoms with Gasteiger partial charge >= 0.3 is 0 Å². The smallest absolute Gasteiger partial charge is 0.233 e. The maximum absolute atomic E-state index is 12.7. The van der Waals surface area contributed by atoms with Crippen molar-refractivity contribution in [2.24, 2.45) is 28.7 Å². The molecule has 4 unspecified atom stereocenters. The van der Waals surface area contributed by atoms with Crippen molar-refractivity contribution in [1.82, 2.24) is 15.5 Å². The summed E-state index contributed by atoms with van der Waals surface area (Å²) in [5, 5.41) is 15.9. The number of nitrogens with one attached hydrogen (secondary N) is 2. The number of phenolic OH excluding ortho intramolecular Hbond substituents is 1. The van der Waals surface area contributed by atoms with Crippen LogP contribution in [0.25, 0.3) is 0 Å². The molecule has 1 aromatic carbocycles. The molecule has 1 aliphatic heterocycles. The molecule has 4 atom stereocenters. The molecule has 2 amide bonds. The summed E-state index contributed by atoms with van der Waals surface area (Å²) in [7, 11) is 0. The van der Waals surface area contributed by atoms with E-state index in [4.69, 9.17) is 0 Å². The van der Waals surface area contributed by atoms with E-state index in [1.54, 1.807) is 12.1 Å². The molecule has 2 fully saturated rings. The topological polar surface area (TPSA) is 94.0 Å². The van der Waals surface area contributed by atoms with Gasteiger partial charge in [0.1, 0.15) is 5.75 Å². The van der Waals surface area contributed by atoms with Crippen molar-refractivity contribution in [3.05, 3.63) is 42.0 Å². The van der Waals surface area contributed by atoms with Gasteiger partial charge in [0.15, 0.2) is 5.96 Å². The lowest BCUT2D eigenvalue weighted by Gasteiger charge is -2.18. The summed E-state index contributed by atoms with van der Waals surface area (Å²) >= 11 is 0. The van der Waals surface area contributed by atoms with Gasteiger partial charge in [-0.15, -0.1) is 0 Å². The summed E-state index contributed by atoms with van der Waals surface area (Å²) < 4.78 is 0. The highest BCUT2D eigenvalue weighted by Crippen LogP contribution is 2.52. The van der Waals surface area contributed by atoms with Crippen LogP contribution < -0.4 is 10.6 Å². The minimum absolute atomic E-state index is 0.00975. The largest absolute Gasteiger partial charge is 0.508 e. The number of hydrogen-bond donors (Lipinski definition) is 3. The van der Waals surface area contributed by atoms with Crippen LogP contribution in [0.15, 0.2) is 41.4 Å². The first kappa shape index (κ1) is 19.5. The summed E-state index contributed by atoms with van der Waals surface area (Å²) in [6.45, 7) is 4.11. The molecule has 7 heteroatoms. The molecule has 1 heterocycles. The van der Waals surface area contributed by atoms with E-state index in [2.05, 4.69) is 27.8 Å². The van der Waals surface area contributed by atoms with E-state index >= 15 is 0 Å². The lowest BCUT2D eigenvalue weighted by atomic mass is 9.85. The molecule has 0 aromatic heterocycles. The molecule has 1 aromatic rings. The Kier molecular flexibility index (Phi) is 5.56. The van der Waals surface area contributed by atoms with Crippen LogP contribution in [0.1, 0.15) is 18.9 Å². The standard InChI is InChI=1S/C22H28N4O3/c1-2-23-22(24-9-8-14-4-3-5-17(27)12-14)25-10-11-26-20(28)18-15-6-7-16(13-15)19(18)21(26)29/h3-7,12,15-16,18-19,27H,2,8-11,13H2,1H3,(H2,23,24,25). The summed E-state index contributed by atoms with van der Waals surface area (Å²) in [6, 6.07) is 7.16. The third kappa shape index (κ3) is 3.86. The van der Waals surface area contributed by atoms with Crippen LogP contribution in [0.3, 0.4) is 0 Å². The van der Waals surface area contributed by atoms with Crippen LogP contribution in [0.4, 0.5) is 0 Å². The number of fused-ring (bicyclic) bond motifs is 5. The van der Waals surface area contributed by atoms with E-state index in [0.717, 1.165) is 18.5 Å². The predicted molar refractivity (Wildman–Crippen MR) is 110 cm³/mol. The Balaban J connectivity index is 1.29. The van der Waals surface area contributed by atoms with Gasteiger partial charge in [0.25, 0.3) is 0 Å². The zero-order valence-corrected chi connectivity index (χ0v) is 16.7. The molecule has 154 valence electrons. The van der Waals surface area contributed by atoms with E-state index < -0.39 is 0 Å². The van der Waals surface area contributed by atoms with Crippen molar-refractivity contribution < 1.29 is 14.7 Å². The number of aromatic hydroxyl groups is 1. The maximum Gasteiger partial charge on any atom is 0.233 e. The molecular weight excluding hydrogens is 368 g/mol. The molecule has 2 aliphatic carbocycles. The molecule has 0 spiro atoms. The van der Waals surface area contributed by atoms with Crippen molar-refractivity contribution in [2.75, 3.05) is 26.2 Å². The number of likely N-dealkylation sites (tertiary alicyclic amines) is 1. The minimum Gasteiger partial charge on any atom is -0.508 e. The molecule has 4 rings (SSSR count). The highest BCUT2D eigenvalue weighted by Gasteiger charge is 2.58. The van der Waals surface area contributed by atoms with Crippen LogP contribution in [-0.4, -0.2) is 54.0 Å². The number of carbonyl (C=O) groups is 2. The van der Waals surface area contributed by atoms with E-state index in [-0.39, 0.29) is 41.2 Å². The number of carbonyl (C=O) groups excluding carboxylic acids is 2. The zero-order valence-electron chi connectivity index (χ0n) is 16.7. The number of nitrogens with zero attached hydrogens (tertiary/aromatic N) is 2. The number of guanidine groups is 1. The normalized spacial score (nSPS) is 27.6.